The molecule has 0 aromatic heterocycles. The highest BCUT2D eigenvalue weighted by atomic mass is 17.0. The van der Waals surface area contributed by atoms with Crippen molar-refractivity contribution in [3.05, 3.63) is 48.5 Å². The Bertz CT molecular complexity index is 456. The van der Waals surface area contributed by atoms with Crippen molar-refractivity contribution in [3.63, 3.8) is 0 Å². The van der Waals surface area contributed by atoms with Gasteiger partial charge in [0.25, 0.3) is 0 Å². The van der Waals surface area contributed by atoms with Gasteiger partial charge in [-0.25, -0.2) is 0 Å². The number of benzene rings is 2. The smallest absolute Gasteiger partial charge is 0.0361 e. The van der Waals surface area contributed by atoms with E-state index >= 15 is 0 Å². The molecule has 0 unspecified atom stereocenters. The van der Waals surface area contributed by atoms with Crippen LogP contribution in [0.2, 0.25) is 0 Å². The van der Waals surface area contributed by atoms with E-state index in [4.69, 9.17) is 10.5 Å². The van der Waals surface area contributed by atoms with Gasteiger partial charge in [-0.3, -0.25) is 10.5 Å². The second-order valence-electron chi connectivity index (χ2n) is 4.88. The summed E-state index contributed by atoms with van der Waals surface area (Å²) in [5.41, 5.74) is 4.96. The first-order valence-corrected chi connectivity index (χ1v) is 6.33. The molecule has 2 N–H and O–H groups in total. The highest BCUT2D eigenvalue weighted by Crippen LogP contribution is 2.24. The lowest BCUT2D eigenvalue weighted by Crippen LogP contribution is -2.08. The molecule has 0 bridgehead atoms. The molecule has 2 aromatic rings. The molecule has 0 amide bonds. The maximum Gasteiger partial charge on any atom is 0.0361 e. The average molecular weight is 274 g/mol. The van der Waals surface area contributed by atoms with Crippen LogP contribution in [-0.4, -0.2) is 38.7 Å². The molecule has 2 rings (SSSR count). The van der Waals surface area contributed by atoms with E-state index in [2.05, 4.69) is 86.5 Å². The first-order chi connectivity index (χ1) is 9.58. The fraction of sp³-hybridized carbons (Fsp3) is 0.250. The van der Waals surface area contributed by atoms with Crippen LogP contribution in [0.15, 0.2) is 48.5 Å². The lowest BCUT2D eigenvalue weighted by Gasteiger charge is -2.14. The normalized spacial score (nSPS) is 9.50. The summed E-state index contributed by atoms with van der Waals surface area (Å²) in [6, 6.07) is 17.3. The Labute approximate surface area is 120 Å². The van der Waals surface area contributed by atoms with Crippen LogP contribution >= 0.6 is 0 Å². The minimum Gasteiger partial charge on any atom is -0.378 e. The van der Waals surface area contributed by atoms with E-state index in [1.807, 2.05) is 0 Å². The monoisotopic (exact) mass is 274 g/mol. The quantitative estimate of drug-likeness (QED) is 0.664. The fourth-order valence-corrected chi connectivity index (χ4v) is 1.90. The van der Waals surface area contributed by atoms with E-state index in [0.29, 0.717) is 0 Å². The minimum atomic E-state index is 1.23. The van der Waals surface area contributed by atoms with Crippen LogP contribution in [0.1, 0.15) is 0 Å². The Morgan fingerprint density at radius 2 is 0.800 bits per heavy atom. The molecule has 108 valence electrons. The summed E-state index contributed by atoms with van der Waals surface area (Å²) in [6.07, 6.45) is 0. The zero-order valence-electron chi connectivity index (χ0n) is 12.4. The van der Waals surface area contributed by atoms with E-state index in [0.717, 1.165) is 0 Å². The molecular formula is C16H22N2O2. The molecule has 0 saturated carbocycles. The lowest BCUT2D eigenvalue weighted by atomic mass is 10.0. The topological polar surface area (TPSA) is 46.9 Å². The van der Waals surface area contributed by atoms with Crippen LogP contribution in [0, 0.1) is 0 Å². The van der Waals surface area contributed by atoms with Crippen molar-refractivity contribution < 1.29 is 10.5 Å². The molecule has 0 fully saturated rings. The molecule has 4 nitrogen and oxygen atoms in total. The summed E-state index contributed by atoms with van der Waals surface area (Å²) in [7, 11) is 8.23. The molecule has 20 heavy (non-hydrogen) atoms. The van der Waals surface area contributed by atoms with Crippen LogP contribution in [0.3, 0.4) is 0 Å². The van der Waals surface area contributed by atoms with Crippen LogP contribution in [0.5, 0.6) is 0 Å². The Morgan fingerprint density at radius 3 is 1.00 bits per heavy atom. The van der Waals surface area contributed by atoms with Crippen molar-refractivity contribution in [2.24, 2.45) is 0 Å². The Kier molecular flexibility index (Phi) is 6.03. The van der Waals surface area contributed by atoms with Crippen molar-refractivity contribution in [1.29, 1.82) is 0 Å². The molecule has 0 heterocycles. The van der Waals surface area contributed by atoms with Crippen LogP contribution < -0.4 is 9.80 Å². The van der Waals surface area contributed by atoms with Gasteiger partial charge in [0.05, 0.1) is 0 Å². The number of anilines is 2. The molecule has 0 spiro atoms. The standard InChI is InChI=1S/C16H20N2.H2O2/c1-17(2)15-9-5-13(6-10-15)14-7-11-16(12-8-14)18(3)4;1-2/h5-12H,1-4H3;1-2H. The average Bonchev–Trinajstić information content (AvgIpc) is 2.49. The first kappa shape index (κ1) is 16.0. The first-order valence-electron chi connectivity index (χ1n) is 6.33. The van der Waals surface area contributed by atoms with Gasteiger partial charge in [-0.15, -0.1) is 0 Å². The molecule has 0 aliphatic heterocycles. The number of hydrogen-bond acceptors (Lipinski definition) is 4. The van der Waals surface area contributed by atoms with E-state index < -0.39 is 0 Å². The maximum absolute atomic E-state index is 6.00. The van der Waals surface area contributed by atoms with E-state index in [-0.39, 0.29) is 0 Å². The third kappa shape index (κ3) is 3.98. The second kappa shape index (κ2) is 7.53. The fourth-order valence-electron chi connectivity index (χ4n) is 1.90. The van der Waals surface area contributed by atoms with Gasteiger partial charge in [0.15, 0.2) is 0 Å². The van der Waals surface area contributed by atoms with Crippen molar-refractivity contribution in [1.82, 2.24) is 0 Å². The highest BCUT2D eigenvalue weighted by Gasteiger charge is 2.00. The van der Waals surface area contributed by atoms with Gasteiger partial charge in [-0.1, -0.05) is 24.3 Å². The lowest BCUT2D eigenvalue weighted by molar-refractivity contribution is -0.176. The van der Waals surface area contributed by atoms with Gasteiger partial charge in [0.2, 0.25) is 0 Å². The van der Waals surface area contributed by atoms with Gasteiger partial charge >= 0.3 is 0 Å². The van der Waals surface area contributed by atoms with E-state index in [9.17, 15) is 0 Å². The van der Waals surface area contributed by atoms with Gasteiger partial charge in [0, 0.05) is 39.6 Å². The summed E-state index contributed by atoms with van der Waals surface area (Å²) < 4.78 is 0. The van der Waals surface area contributed by atoms with Crippen molar-refractivity contribution >= 4 is 11.4 Å². The molecule has 0 aliphatic carbocycles. The summed E-state index contributed by atoms with van der Waals surface area (Å²) in [5, 5.41) is 12.0. The van der Waals surface area contributed by atoms with Crippen LogP contribution in [0.25, 0.3) is 11.1 Å². The minimum absolute atomic E-state index is 1.23. The molecule has 0 saturated heterocycles. The van der Waals surface area contributed by atoms with Crippen molar-refractivity contribution in [2.45, 2.75) is 0 Å². The summed E-state index contributed by atoms with van der Waals surface area (Å²) in [5.74, 6) is 0. The highest BCUT2D eigenvalue weighted by molar-refractivity contribution is 5.68. The Balaban J connectivity index is 0.000000956. The summed E-state index contributed by atoms with van der Waals surface area (Å²) >= 11 is 0. The SMILES string of the molecule is CN(C)c1ccc(-c2ccc(N(C)C)cc2)cc1.OO. The van der Waals surface area contributed by atoms with Gasteiger partial charge in [-0.2, -0.15) is 0 Å². The molecule has 2 aromatic carbocycles. The molecule has 0 atom stereocenters. The third-order valence-electron chi connectivity index (χ3n) is 3.10. The predicted molar refractivity (Wildman–Crippen MR) is 85.8 cm³/mol. The summed E-state index contributed by atoms with van der Waals surface area (Å²) in [6.45, 7) is 0. The summed E-state index contributed by atoms with van der Waals surface area (Å²) in [4.78, 5) is 4.22. The van der Waals surface area contributed by atoms with Gasteiger partial charge < -0.3 is 9.80 Å². The third-order valence-corrected chi connectivity index (χ3v) is 3.10. The maximum atomic E-state index is 6.00. The van der Waals surface area contributed by atoms with Crippen LogP contribution in [0.4, 0.5) is 11.4 Å². The largest absolute Gasteiger partial charge is 0.378 e. The van der Waals surface area contributed by atoms with E-state index in [1.54, 1.807) is 0 Å². The van der Waals surface area contributed by atoms with E-state index in [1.165, 1.54) is 22.5 Å². The van der Waals surface area contributed by atoms with Crippen molar-refractivity contribution in [3.8, 4) is 11.1 Å². The molecule has 0 aliphatic rings. The zero-order valence-corrected chi connectivity index (χ0v) is 12.4. The van der Waals surface area contributed by atoms with Crippen LogP contribution in [-0.2, 0) is 0 Å². The number of hydrogen-bond donors (Lipinski definition) is 2. The predicted octanol–water partition coefficient (Wildman–Crippen LogP) is 3.50. The van der Waals surface area contributed by atoms with Gasteiger partial charge in [0.1, 0.15) is 0 Å². The Morgan fingerprint density at radius 1 is 0.550 bits per heavy atom. The Hall–Kier alpha value is -2.04. The number of rotatable bonds is 3. The second-order valence-corrected chi connectivity index (χ2v) is 4.88. The van der Waals surface area contributed by atoms with Crippen molar-refractivity contribution in [2.75, 3.05) is 38.0 Å². The van der Waals surface area contributed by atoms with Gasteiger partial charge in [-0.05, 0) is 35.4 Å². The number of nitrogens with zero attached hydrogens (tertiary/aromatic N) is 2. The molecular weight excluding hydrogens is 252 g/mol. The molecule has 0 radical (unpaired) electrons. The zero-order chi connectivity index (χ0) is 15.1. The molecule has 4 heteroatoms.